The summed E-state index contributed by atoms with van der Waals surface area (Å²) in [5, 5.41) is 18.2. The molecule has 1 aromatic rings. The van der Waals surface area contributed by atoms with Crippen molar-refractivity contribution >= 4 is 5.97 Å². The third kappa shape index (κ3) is 1.75. The van der Waals surface area contributed by atoms with Crippen molar-refractivity contribution in [1.29, 1.82) is 0 Å². The predicted octanol–water partition coefficient (Wildman–Crippen LogP) is 2.14. The van der Waals surface area contributed by atoms with Crippen LogP contribution < -0.4 is 0 Å². The van der Waals surface area contributed by atoms with Crippen molar-refractivity contribution in [2.24, 2.45) is 0 Å². The normalized spacial score (nSPS) is 16.1. The van der Waals surface area contributed by atoms with E-state index in [0.29, 0.717) is 11.5 Å². The maximum absolute atomic E-state index is 11.0. The van der Waals surface area contributed by atoms with E-state index in [1.54, 1.807) is 12.1 Å². The van der Waals surface area contributed by atoms with Gasteiger partial charge in [-0.1, -0.05) is 18.6 Å². The Labute approximate surface area is 88.4 Å². The summed E-state index contributed by atoms with van der Waals surface area (Å²) < 4.78 is 0. The predicted molar refractivity (Wildman–Crippen MR) is 55.9 cm³/mol. The number of hydrogen-bond donors (Lipinski definition) is 2. The van der Waals surface area contributed by atoms with Gasteiger partial charge in [-0.15, -0.1) is 0 Å². The average Bonchev–Trinajstić information content (AvgIpc) is 2.14. The Morgan fingerprint density at radius 2 is 2.13 bits per heavy atom. The van der Waals surface area contributed by atoms with Crippen molar-refractivity contribution in [2.75, 3.05) is 0 Å². The van der Waals surface area contributed by atoms with Crippen LogP contribution in [0.5, 0.6) is 0 Å². The molecule has 2 rings (SSSR count). The van der Waals surface area contributed by atoms with Gasteiger partial charge in [-0.2, -0.15) is 0 Å². The second-order valence-electron chi connectivity index (χ2n) is 3.96. The highest BCUT2D eigenvalue weighted by Gasteiger charge is 2.24. The summed E-state index contributed by atoms with van der Waals surface area (Å²) in [5.74, 6) is -0.508. The molecule has 0 radical (unpaired) electrons. The van der Waals surface area contributed by atoms with Gasteiger partial charge in [0.1, 0.15) is 0 Å². The van der Waals surface area contributed by atoms with Gasteiger partial charge in [-0.3, -0.25) is 0 Å². The summed E-state index contributed by atoms with van der Waals surface area (Å²) in [7, 11) is 0. The standard InChI is InChI=1S/C12H14O3/c13-7-11-9(8-3-1-4-8)5-2-6-10(11)12(14)15/h2,5-6,8,13H,1,3-4,7H2,(H,14,15). The van der Waals surface area contributed by atoms with Crippen LogP contribution in [-0.2, 0) is 6.61 Å². The molecule has 1 aromatic carbocycles. The highest BCUT2D eigenvalue weighted by Crippen LogP contribution is 2.38. The van der Waals surface area contributed by atoms with Crippen molar-refractivity contribution in [1.82, 2.24) is 0 Å². The number of carboxylic acid groups (broad SMARTS) is 1. The minimum absolute atomic E-state index is 0.186. The van der Waals surface area contributed by atoms with E-state index in [0.717, 1.165) is 18.4 Å². The Morgan fingerprint density at radius 3 is 2.60 bits per heavy atom. The Balaban J connectivity index is 2.44. The van der Waals surface area contributed by atoms with Gasteiger partial charge < -0.3 is 10.2 Å². The van der Waals surface area contributed by atoms with Crippen LogP contribution in [-0.4, -0.2) is 16.2 Å². The molecule has 0 spiro atoms. The molecule has 0 aliphatic heterocycles. The molecule has 80 valence electrons. The summed E-state index contributed by atoms with van der Waals surface area (Å²) in [6.07, 6.45) is 3.42. The molecule has 3 heteroatoms. The number of aliphatic hydroxyl groups excluding tert-OH is 1. The maximum Gasteiger partial charge on any atom is 0.336 e. The van der Waals surface area contributed by atoms with Gasteiger partial charge >= 0.3 is 5.97 Å². The molecule has 2 N–H and O–H groups in total. The maximum atomic E-state index is 11.0. The van der Waals surface area contributed by atoms with Crippen LogP contribution in [0.1, 0.15) is 46.7 Å². The fourth-order valence-corrected chi connectivity index (χ4v) is 2.08. The number of rotatable bonds is 3. The van der Waals surface area contributed by atoms with Crippen molar-refractivity contribution in [2.45, 2.75) is 31.8 Å². The molecule has 0 bridgehead atoms. The molecule has 0 saturated heterocycles. The van der Waals surface area contributed by atoms with Crippen LogP contribution in [0.15, 0.2) is 18.2 Å². The highest BCUT2D eigenvalue weighted by atomic mass is 16.4. The number of aliphatic hydroxyl groups is 1. The van der Waals surface area contributed by atoms with Crippen molar-refractivity contribution in [3.05, 3.63) is 34.9 Å². The number of carboxylic acids is 1. The van der Waals surface area contributed by atoms with E-state index in [4.69, 9.17) is 5.11 Å². The fourth-order valence-electron chi connectivity index (χ4n) is 2.08. The van der Waals surface area contributed by atoms with E-state index in [1.165, 1.54) is 6.42 Å². The SMILES string of the molecule is O=C(O)c1cccc(C2CCC2)c1CO. The van der Waals surface area contributed by atoms with Gasteiger partial charge in [0.25, 0.3) is 0 Å². The largest absolute Gasteiger partial charge is 0.478 e. The van der Waals surface area contributed by atoms with Gasteiger partial charge in [0.05, 0.1) is 12.2 Å². The van der Waals surface area contributed by atoms with Crippen LogP contribution >= 0.6 is 0 Å². The lowest BCUT2D eigenvalue weighted by atomic mass is 9.77. The van der Waals surface area contributed by atoms with E-state index in [-0.39, 0.29) is 12.2 Å². The van der Waals surface area contributed by atoms with Gasteiger partial charge in [0, 0.05) is 0 Å². The zero-order valence-corrected chi connectivity index (χ0v) is 8.44. The molecule has 15 heavy (non-hydrogen) atoms. The van der Waals surface area contributed by atoms with Gasteiger partial charge in [0.15, 0.2) is 0 Å². The molecular formula is C12H14O3. The Kier molecular flexibility index (Phi) is 2.73. The van der Waals surface area contributed by atoms with Gasteiger partial charge in [-0.25, -0.2) is 4.79 Å². The summed E-state index contributed by atoms with van der Waals surface area (Å²) in [6, 6.07) is 5.24. The molecule has 1 fully saturated rings. The van der Waals surface area contributed by atoms with Gasteiger partial charge in [0.2, 0.25) is 0 Å². The molecule has 1 aliphatic rings. The Morgan fingerprint density at radius 1 is 1.40 bits per heavy atom. The molecule has 1 aliphatic carbocycles. The van der Waals surface area contributed by atoms with E-state index in [9.17, 15) is 9.90 Å². The van der Waals surface area contributed by atoms with Crippen LogP contribution in [0, 0.1) is 0 Å². The van der Waals surface area contributed by atoms with Crippen LogP contribution in [0.4, 0.5) is 0 Å². The molecule has 0 atom stereocenters. The zero-order valence-electron chi connectivity index (χ0n) is 8.44. The lowest BCUT2D eigenvalue weighted by Gasteiger charge is -2.28. The van der Waals surface area contributed by atoms with E-state index < -0.39 is 5.97 Å². The molecule has 0 heterocycles. The van der Waals surface area contributed by atoms with Crippen molar-refractivity contribution in [3.8, 4) is 0 Å². The highest BCUT2D eigenvalue weighted by molar-refractivity contribution is 5.89. The first-order valence-electron chi connectivity index (χ1n) is 5.20. The van der Waals surface area contributed by atoms with Crippen molar-refractivity contribution < 1.29 is 15.0 Å². The summed E-state index contributed by atoms with van der Waals surface area (Å²) in [6.45, 7) is -0.186. The minimum Gasteiger partial charge on any atom is -0.478 e. The molecule has 1 saturated carbocycles. The third-order valence-corrected chi connectivity index (χ3v) is 3.15. The van der Waals surface area contributed by atoms with Crippen LogP contribution in [0.3, 0.4) is 0 Å². The van der Waals surface area contributed by atoms with Gasteiger partial charge in [-0.05, 0) is 36.0 Å². The summed E-state index contributed by atoms with van der Waals surface area (Å²) in [5.41, 5.74) is 1.85. The zero-order chi connectivity index (χ0) is 10.8. The Hall–Kier alpha value is -1.35. The lowest BCUT2D eigenvalue weighted by molar-refractivity contribution is 0.0693. The number of carbonyl (C=O) groups is 1. The topological polar surface area (TPSA) is 57.5 Å². The number of benzene rings is 1. The van der Waals surface area contributed by atoms with Crippen LogP contribution in [0.2, 0.25) is 0 Å². The number of hydrogen-bond acceptors (Lipinski definition) is 2. The first kappa shape index (κ1) is 10.2. The van der Waals surface area contributed by atoms with E-state index in [2.05, 4.69) is 0 Å². The average molecular weight is 206 g/mol. The second kappa shape index (κ2) is 4.03. The monoisotopic (exact) mass is 206 g/mol. The van der Waals surface area contributed by atoms with E-state index in [1.807, 2.05) is 6.07 Å². The smallest absolute Gasteiger partial charge is 0.336 e. The second-order valence-corrected chi connectivity index (χ2v) is 3.96. The molecule has 3 nitrogen and oxygen atoms in total. The third-order valence-electron chi connectivity index (χ3n) is 3.15. The molecular weight excluding hydrogens is 192 g/mol. The molecule has 0 aromatic heterocycles. The molecule has 0 unspecified atom stereocenters. The fraction of sp³-hybridized carbons (Fsp3) is 0.417. The summed E-state index contributed by atoms with van der Waals surface area (Å²) in [4.78, 5) is 11.0. The number of aromatic carboxylic acids is 1. The summed E-state index contributed by atoms with van der Waals surface area (Å²) >= 11 is 0. The van der Waals surface area contributed by atoms with E-state index >= 15 is 0 Å². The first-order chi connectivity index (χ1) is 7.24. The van der Waals surface area contributed by atoms with Crippen LogP contribution in [0.25, 0.3) is 0 Å². The molecule has 0 amide bonds. The minimum atomic E-state index is -0.958. The Bertz CT molecular complexity index is 380. The first-order valence-corrected chi connectivity index (χ1v) is 5.20. The lowest BCUT2D eigenvalue weighted by Crippen LogP contribution is -2.14. The quantitative estimate of drug-likeness (QED) is 0.796. The van der Waals surface area contributed by atoms with Crippen molar-refractivity contribution in [3.63, 3.8) is 0 Å².